The predicted octanol–water partition coefficient (Wildman–Crippen LogP) is 1.41. The van der Waals surface area contributed by atoms with Gasteiger partial charge >= 0.3 is 0 Å². The van der Waals surface area contributed by atoms with Gasteiger partial charge in [-0.2, -0.15) is 0 Å². The molecule has 0 aliphatic heterocycles. The van der Waals surface area contributed by atoms with Gasteiger partial charge in [-0.3, -0.25) is 0 Å². The molecule has 7 heteroatoms. The molecule has 0 aliphatic rings. The number of benzene rings is 1. The summed E-state index contributed by atoms with van der Waals surface area (Å²) in [4.78, 5) is 0.170. The van der Waals surface area contributed by atoms with Gasteiger partial charge in [0.25, 0.3) is 0 Å². The Hall–Kier alpha value is -1.31. The summed E-state index contributed by atoms with van der Waals surface area (Å²) in [6.07, 6.45) is 3.12. The molecule has 4 N–H and O–H groups in total. The van der Waals surface area contributed by atoms with Crippen LogP contribution in [0.5, 0.6) is 0 Å². The molecule has 0 aliphatic carbocycles. The molecule has 20 heavy (non-hydrogen) atoms. The second kappa shape index (κ2) is 8.08. The molecule has 6 nitrogen and oxygen atoms in total. The van der Waals surface area contributed by atoms with Gasteiger partial charge in [-0.25, -0.2) is 13.1 Å². The summed E-state index contributed by atoms with van der Waals surface area (Å²) in [7, 11) is -0.378. The van der Waals surface area contributed by atoms with Crippen LogP contribution in [0, 0.1) is 0 Å². The van der Waals surface area contributed by atoms with Crippen LogP contribution in [0.4, 0.5) is 11.4 Å². The van der Waals surface area contributed by atoms with Gasteiger partial charge in [0.05, 0.1) is 16.3 Å². The third-order valence-electron chi connectivity index (χ3n) is 2.94. The standard InChI is InChI=1S/C13H23N3O3S/c1-15-20(17,18)11-6-7-13(12(14)10-11)16-8-4-3-5-9-19-2/h6-7,10,15-16H,3-5,8-9,14H2,1-2H3. The summed E-state index contributed by atoms with van der Waals surface area (Å²) in [5.74, 6) is 0. The van der Waals surface area contributed by atoms with Crippen LogP contribution in [0.1, 0.15) is 19.3 Å². The average molecular weight is 301 g/mol. The van der Waals surface area contributed by atoms with Crippen molar-refractivity contribution in [3.63, 3.8) is 0 Å². The van der Waals surface area contributed by atoms with Gasteiger partial charge in [-0.05, 0) is 44.5 Å². The van der Waals surface area contributed by atoms with Crippen LogP contribution in [0.15, 0.2) is 23.1 Å². The highest BCUT2D eigenvalue weighted by molar-refractivity contribution is 7.89. The van der Waals surface area contributed by atoms with Gasteiger partial charge in [0.2, 0.25) is 10.0 Å². The third kappa shape index (κ3) is 4.99. The first-order valence-corrected chi connectivity index (χ1v) is 8.05. The van der Waals surface area contributed by atoms with Crippen LogP contribution in [0.2, 0.25) is 0 Å². The minimum atomic E-state index is -3.44. The second-order valence-electron chi connectivity index (χ2n) is 4.44. The summed E-state index contributed by atoms with van der Waals surface area (Å²) in [6.45, 7) is 1.57. The van der Waals surface area contributed by atoms with Gasteiger partial charge in [-0.15, -0.1) is 0 Å². The Balaban J connectivity index is 2.53. The van der Waals surface area contributed by atoms with Crippen molar-refractivity contribution in [3.8, 4) is 0 Å². The molecule has 0 aromatic heterocycles. The Morgan fingerprint density at radius 2 is 2.00 bits per heavy atom. The summed E-state index contributed by atoms with van der Waals surface area (Å²) < 4.78 is 30.5. The van der Waals surface area contributed by atoms with Crippen molar-refractivity contribution >= 4 is 21.4 Å². The molecule has 0 amide bonds. The molecular weight excluding hydrogens is 278 g/mol. The SMILES string of the molecule is CNS(=O)(=O)c1ccc(NCCCCCOC)c(N)c1. The highest BCUT2D eigenvalue weighted by Crippen LogP contribution is 2.22. The van der Waals surface area contributed by atoms with Crippen molar-refractivity contribution in [2.75, 3.05) is 38.4 Å². The monoisotopic (exact) mass is 301 g/mol. The zero-order valence-corrected chi connectivity index (χ0v) is 12.8. The van der Waals surface area contributed by atoms with Crippen molar-refractivity contribution in [1.82, 2.24) is 4.72 Å². The lowest BCUT2D eigenvalue weighted by Gasteiger charge is -2.11. The Labute approximate surface area is 120 Å². The number of ether oxygens (including phenoxy) is 1. The van der Waals surface area contributed by atoms with Gasteiger partial charge < -0.3 is 15.8 Å². The van der Waals surface area contributed by atoms with Gasteiger partial charge in [0.15, 0.2) is 0 Å². The molecule has 0 unspecified atom stereocenters. The number of sulfonamides is 1. The molecule has 0 radical (unpaired) electrons. The number of hydrogen-bond acceptors (Lipinski definition) is 5. The zero-order chi connectivity index (χ0) is 15.0. The lowest BCUT2D eigenvalue weighted by molar-refractivity contribution is 0.192. The molecule has 1 rings (SSSR count). The third-order valence-corrected chi connectivity index (χ3v) is 4.35. The van der Waals surface area contributed by atoms with Crippen molar-refractivity contribution in [2.45, 2.75) is 24.2 Å². The minimum absolute atomic E-state index is 0.170. The lowest BCUT2D eigenvalue weighted by Crippen LogP contribution is -2.18. The fourth-order valence-electron chi connectivity index (χ4n) is 1.76. The van der Waals surface area contributed by atoms with Crippen LogP contribution >= 0.6 is 0 Å². The molecule has 0 saturated carbocycles. The summed E-state index contributed by atoms with van der Waals surface area (Å²) in [5, 5.41) is 3.21. The van der Waals surface area contributed by atoms with E-state index >= 15 is 0 Å². The number of nitrogens with two attached hydrogens (primary N) is 1. The molecule has 114 valence electrons. The second-order valence-corrected chi connectivity index (χ2v) is 6.32. The maximum absolute atomic E-state index is 11.6. The Bertz CT molecular complexity index is 518. The summed E-state index contributed by atoms with van der Waals surface area (Å²) >= 11 is 0. The Morgan fingerprint density at radius 1 is 1.25 bits per heavy atom. The normalized spacial score (nSPS) is 11.5. The number of nitrogen functional groups attached to an aromatic ring is 1. The molecule has 0 fully saturated rings. The molecule has 0 atom stereocenters. The van der Waals surface area contributed by atoms with Gasteiger partial charge in [0, 0.05) is 20.3 Å². The van der Waals surface area contributed by atoms with Crippen LogP contribution in [-0.4, -0.2) is 35.7 Å². The first-order chi connectivity index (χ1) is 9.51. The van der Waals surface area contributed by atoms with Crippen LogP contribution in [-0.2, 0) is 14.8 Å². The maximum Gasteiger partial charge on any atom is 0.240 e. The van der Waals surface area contributed by atoms with E-state index in [2.05, 4.69) is 10.0 Å². The molecule has 0 spiro atoms. The summed E-state index contributed by atoms with van der Waals surface area (Å²) in [5.41, 5.74) is 7.05. The van der Waals surface area contributed by atoms with E-state index in [1.54, 1.807) is 13.2 Å². The predicted molar refractivity (Wildman–Crippen MR) is 81.3 cm³/mol. The highest BCUT2D eigenvalue weighted by atomic mass is 32.2. The maximum atomic E-state index is 11.6. The smallest absolute Gasteiger partial charge is 0.240 e. The first-order valence-electron chi connectivity index (χ1n) is 6.57. The molecule has 0 bridgehead atoms. The minimum Gasteiger partial charge on any atom is -0.397 e. The number of nitrogens with one attached hydrogen (secondary N) is 2. The fraction of sp³-hybridized carbons (Fsp3) is 0.538. The van der Waals surface area contributed by atoms with Crippen molar-refractivity contribution < 1.29 is 13.2 Å². The molecule has 1 aromatic carbocycles. The van der Waals surface area contributed by atoms with Crippen molar-refractivity contribution in [2.24, 2.45) is 0 Å². The number of rotatable bonds is 9. The highest BCUT2D eigenvalue weighted by Gasteiger charge is 2.12. The van der Waals surface area contributed by atoms with E-state index in [-0.39, 0.29) is 4.90 Å². The van der Waals surface area contributed by atoms with Gasteiger partial charge in [-0.1, -0.05) is 0 Å². The van der Waals surface area contributed by atoms with E-state index in [1.165, 1.54) is 19.2 Å². The van der Waals surface area contributed by atoms with Crippen LogP contribution in [0.3, 0.4) is 0 Å². The average Bonchev–Trinajstić information content (AvgIpc) is 2.44. The van der Waals surface area contributed by atoms with Gasteiger partial charge in [0.1, 0.15) is 0 Å². The van der Waals surface area contributed by atoms with E-state index in [4.69, 9.17) is 10.5 Å². The van der Waals surface area contributed by atoms with E-state index < -0.39 is 10.0 Å². The number of unbranched alkanes of at least 4 members (excludes halogenated alkanes) is 2. The molecule has 1 aromatic rings. The van der Waals surface area contributed by atoms with Crippen LogP contribution < -0.4 is 15.8 Å². The van der Waals surface area contributed by atoms with E-state index in [9.17, 15) is 8.42 Å². The molecule has 0 heterocycles. The molecular formula is C13H23N3O3S. The first kappa shape index (κ1) is 16.7. The van der Waals surface area contributed by atoms with E-state index in [1.807, 2.05) is 0 Å². The Kier molecular flexibility index (Phi) is 6.77. The topological polar surface area (TPSA) is 93.5 Å². The van der Waals surface area contributed by atoms with E-state index in [0.29, 0.717) is 5.69 Å². The summed E-state index contributed by atoms with van der Waals surface area (Å²) in [6, 6.07) is 4.68. The van der Waals surface area contributed by atoms with Crippen molar-refractivity contribution in [1.29, 1.82) is 0 Å². The largest absolute Gasteiger partial charge is 0.397 e. The lowest BCUT2D eigenvalue weighted by atomic mass is 10.2. The molecule has 0 saturated heterocycles. The zero-order valence-electron chi connectivity index (χ0n) is 12.0. The Morgan fingerprint density at radius 3 is 2.60 bits per heavy atom. The fourth-order valence-corrected chi connectivity index (χ4v) is 2.52. The number of methoxy groups -OCH3 is 1. The number of anilines is 2. The van der Waals surface area contributed by atoms with Crippen molar-refractivity contribution in [3.05, 3.63) is 18.2 Å². The quantitative estimate of drug-likeness (QED) is 0.473. The van der Waals surface area contributed by atoms with E-state index in [0.717, 1.165) is 38.1 Å². The van der Waals surface area contributed by atoms with Crippen LogP contribution in [0.25, 0.3) is 0 Å². The number of hydrogen-bond donors (Lipinski definition) is 3.